The highest BCUT2D eigenvalue weighted by Gasteiger charge is 2.40. The second-order valence-electron chi connectivity index (χ2n) is 7.12. The summed E-state index contributed by atoms with van der Waals surface area (Å²) in [7, 11) is 2.80. The number of esters is 1. The lowest BCUT2D eigenvalue weighted by Gasteiger charge is -2.20. The summed E-state index contributed by atoms with van der Waals surface area (Å²) in [5, 5.41) is 2.43. The summed E-state index contributed by atoms with van der Waals surface area (Å²) in [5.74, 6) is 0.888. The van der Waals surface area contributed by atoms with Crippen LogP contribution in [0.5, 0.6) is 0 Å². The number of hydrogen-bond acceptors (Lipinski definition) is 5. The predicted octanol–water partition coefficient (Wildman–Crippen LogP) is 0.392. The van der Waals surface area contributed by atoms with Crippen molar-refractivity contribution in [2.45, 2.75) is 32.1 Å². The van der Waals surface area contributed by atoms with E-state index in [1.807, 2.05) is 0 Å². The summed E-state index contributed by atoms with van der Waals surface area (Å²) in [6.45, 7) is -0.428. The Hall–Kier alpha value is -2.38. The topological polar surface area (TPSA) is 99.4 Å². The van der Waals surface area contributed by atoms with Crippen molar-refractivity contribution in [1.82, 2.24) is 9.13 Å². The molecule has 0 saturated heterocycles. The molecule has 3 rings (SSSR count). The molecule has 2 fully saturated rings. The van der Waals surface area contributed by atoms with Crippen LogP contribution in [0.25, 0.3) is 0 Å². The number of aromatic nitrogens is 2. The van der Waals surface area contributed by atoms with Crippen LogP contribution in [0.2, 0.25) is 0 Å². The van der Waals surface area contributed by atoms with Crippen LogP contribution in [-0.4, -0.2) is 27.6 Å². The molecule has 1 aromatic heterocycles. The van der Waals surface area contributed by atoms with Crippen molar-refractivity contribution < 1.29 is 14.3 Å². The lowest BCUT2D eigenvalue weighted by atomic mass is 9.86. The average Bonchev–Trinajstić information content (AvgIpc) is 3.19. The Labute approximate surface area is 144 Å². The molecule has 2 saturated carbocycles. The maximum atomic E-state index is 11.9. The largest absolute Gasteiger partial charge is 0.456 e. The van der Waals surface area contributed by atoms with E-state index in [4.69, 9.17) is 4.74 Å². The van der Waals surface area contributed by atoms with Crippen molar-refractivity contribution >= 4 is 17.7 Å². The molecular weight excluding hydrogens is 326 g/mol. The monoisotopic (exact) mass is 349 g/mol. The zero-order valence-corrected chi connectivity index (χ0v) is 14.5. The molecule has 3 unspecified atom stereocenters. The zero-order chi connectivity index (χ0) is 18.1. The molecular formula is C17H23N3O5. The molecule has 8 nitrogen and oxygen atoms in total. The van der Waals surface area contributed by atoms with Crippen LogP contribution in [0.1, 0.15) is 32.1 Å². The molecule has 1 amide bonds. The van der Waals surface area contributed by atoms with Crippen molar-refractivity contribution in [3.8, 4) is 0 Å². The second-order valence-corrected chi connectivity index (χ2v) is 7.12. The maximum absolute atomic E-state index is 11.9. The molecule has 1 aromatic rings. The summed E-state index contributed by atoms with van der Waals surface area (Å²) in [6.07, 6.45) is 5.13. The van der Waals surface area contributed by atoms with Gasteiger partial charge in [-0.15, -0.1) is 0 Å². The van der Waals surface area contributed by atoms with Crippen molar-refractivity contribution in [2.75, 3.05) is 11.9 Å². The number of rotatable bonds is 5. The van der Waals surface area contributed by atoms with E-state index < -0.39 is 23.8 Å². The molecule has 0 spiro atoms. The highest BCUT2D eigenvalue weighted by atomic mass is 16.5. The third kappa shape index (κ3) is 3.67. The molecule has 1 heterocycles. The molecule has 25 heavy (non-hydrogen) atoms. The van der Waals surface area contributed by atoms with E-state index in [1.54, 1.807) is 0 Å². The van der Waals surface area contributed by atoms with Crippen molar-refractivity contribution in [3.05, 3.63) is 26.9 Å². The average molecular weight is 349 g/mol. The van der Waals surface area contributed by atoms with Crippen LogP contribution in [0.4, 0.5) is 5.82 Å². The van der Waals surface area contributed by atoms with Crippen molar-refractivity contribution in [2.24, 2.45) is 31.8 Å². The summed E-state index contributed by atoms with van der Waals surface area (Å²) in [5.41, 5.74) is -1.07. The van der Waals surface area contributed by atoms with Gasteiger partial charge in [-0.05, 0) is 37.0 Å². The first-order valence-electron chi connectivity index (χ1n) is 8.57. The van der Waals surface area contributed by atoms with Crippen molar-refractivity contribution in [3.63, 3.8) is 0 Å². The molecule has 3 atom stereocenters. The van der Waals surface area contributed by atoms with Gasteiger partial charge in [-0.1, -0.05) is 6.42 Å². The third-order valence-corrected chi connectivity index (χ3v) is 5.47. The van der Waals surface area contributed by atoms with E-state index in [1.165, 1.54) is 33.4 Å². The van der Waals surface area contributed by atoms with E-state index in [2.05, 4.69) is 5.32 Å². The molecule has 2 aliphatic carbocycles. The Morgan fingerprint density at radius 3 is 2.60 bits per heavy atom. The fraction of sp³-hybridized carbons (Fsp3) is 0.647. The van der Waals surface area contributed by atoms with Gasteiger partial charge in [0, 0.05) is 26.6 Å². The Morgan fingerprint density at radius 2 is 1.96 bits per heavy atom. The lowest BCUT2D eigenvalue weighted by Crippen LogP contribution is -2.38. The summed E-state index contributed by atoms with van der Waals surface area (Å²) in [4.78, 5) is 47.3. The van der Waals surface area contributed by atoms with Crippen LogP contribution < -0.4 is 16.6 Å². The number of anilines is 1. The summed E-state index contributed by atoms with van der Waals surface area (Å²) < 4.78 is 7.13. The molecule has 0 aromatic carbocycles. The minimum absolute atomic E-state index is 0.0715. The molecule has 0 radical (unpaired) electrons. The first-order chi connectivity index (χ1) is 11.8. The Bertz CT molecular complexity index is 809. The van der Waals surface area contributed by atoms with E-state index in [9.17, 15) is 19.2 Å². The molecule has 8 heteroatoms. The number of hydrogen-bond donors (Lipinski definition) is 1. The maximum Gasteiger partial charge on any atom is 0.332 e. The number of carbonyl (C=O) groups excluding carboxylic acids is 2. The van der Waals surface area contributed by atoms with Gasteiger partial charge in [-0.25, -0.2) is 4.79 Å². The second kappa shape index (κ2) is 6.85. The van der Waals surface area contributed by atoms with Gasteiger partial charge in [0.25, 0.3) is 11.5 Å². The number of carbonyl (C=O) groups is 2. The zero-order valence-electron chi connectivity index (χ0n) is 14.5. The van der Waals surface area contributed by atoms with E-state index >= 15 is 0 Å². The molecule has 2 aliphatic rings. The number of nitrogens with one attached hydrogen (secondary N) is 1. The number of fused-ring (bicyclic) bond motifs is 2. The molecule has 0 aliphatic heterocycles. The normalized spacial score (nSPS) is 24.3. The summed E-state index contributed by atoms with van der Waals surface area (Å²) in [6, 6.07) is 1.15. The molecule has 2 bridgehead atoms. The van der Waals surface area contributed by atoms with Crippen LogP contribution >= 0.6 is 0 Å². The molecule has 136 valence electrons. The SMILES string of the molecule is Cn1c(NC(=O)COC(=O)CC2CC3CCC2C3)cc(=O)n(C)c1=O. The highest BCUT2D eigenvalue weighted by Crippen LogP contribution is 2.49. The third-order valence-electron chi connectivity index (χ3n) is 5.47. The first-order valence-corrected chi connectivity index (χ1v) is 8.57. The van der Waals surface area contributed by atoms with Gasteiger partial charge in [0.1, 0.15) is 5.82 Å². The van der Waals surface area contributed by atoms with Gasteiger partial charge in [-0.2, -0.15) is 0 Å². The Morgan fingerprint density at radius 1 is 1.20 bits per heavy atom. The van der Waals surface area contributed by atoms with Crippen LogP contribution in [-0.2, 0) is 28.4 Å². The van der Waals surface area contributed by atoms with Gasteiger partial charge >= 0.3 is 11.7 Å². The van der Waals surface area contributed by atoms with Gasteiger partial charge in [0.15, 0.2) is 6.61 Å². The fourth-order valence-electron chi connectivity index (χ4n) is 4.08. The minimum Gasteiger partial charge on any atom is -0.456 e. The van der Waals surface area contributed by atoms with Crippen LogP contribution in [0.15, 0.2) is 15.7 Å². The fourth-order valence-corrected chi connectivity index (χ4v) is 4.08. The van der Waals surface area contributed by atoms with E-state index in [0.717, 1.165) is 27.5 Å². The minimum atomic E-state index is -0.579. The smallest absolute Gasteiger partial charge is 0.332 e. The van der Waals surface area contributed by atoms with Gasteiger partial charge < -0.3 is 10.1 Å². The van der Waals surface area contributed by atoms with E-state index in [0.29, 0.717) is 18.3 Å². The lowest BCUT2D eigenvalue weighted by molar-refractivity contribution is -0.148. The molecule has 1 N–H and O–H groups in total. The quantitative estimate of drug-likeness (QED) is 0.776. The van der Waals surface area contributed by atoms with Gasteiger partial charge in [-0.3, -0.25) is 23.5 Å². The predicted molar refractivity (Wildman–Crippen MR) is 90.1 cm³/mol. The standard InChI is InChI=1S/C17H23N3O5/c1-19-13(8-15(22)20(2)17(19)24)18-14(21)9-25-16(23)7-12-6-10-3-4-11(12)5-10/h8,10-12H,3-7,9H2,1-2H3,(H,18,21). The first kappa shape index (κ1) is 17.4. The Kier molecular flexibility index (Phi) is 4.78. The number of ether oxygens (including phenoxy) is 1. The van der Waals surface area contributed by atoms with Crippen molar-refractivity contribution in [1.29, 1.82) is 0 Å². The summed E-state index contributed by atoms with van der Waals surface area (Å²) >= 11 is 0. The van der Waals surface area contributed by atoms with Gasteiger partial charge in [0.2, 0.25) is 0 Å². The highest BCUT2D eigenvalue weighted by molar-refractivity contribution is 5.92. The Balaban J connectivity index is 1.51. The number of nitrogens with zero attached hydrogens (tertiary/aromatic N) is 2. The van der Waals surface area contributed by atoms with Crippen LogP contribution in [0, 0.1) is 17.8 Å². The van der Waals surface area contributed by atoms with Crippen LogP contribution in [0.3, 0.4) is 0 Å². The van der Waals surface area contributed by atoms with Gasteiger partial charge in [0.05, 0.1) is 0 Å². The van der Waals surface area contributed by atoms with E-state index in [-0.39, 0.29) is 11.8 Å². The number of amides is 1.